The van der Waals surface area contributed by atoms with Crippen molar-refractivity contribution in [2.45, 2.75) is 38.3 Å². The first-order chi connectivity index (χ1) is 11.8. The van der Waals surface area contributed by atoms with E-state index in [4.69, 9.17) is 0 Å². The van der Waals surface area contributed by atoms with Gasteiger partial charge in [0.2, 0.25) is 0 Å². The molecular weight excluding hydrogens is 310 g/mol. The van der Waals surface area contributed by atoms with Gasteiger partial charge in [0, 0.05) is 28.7 Å². The Morgan fingerprint density at radius 3 is 2.58 bits per heavy atom. The van der Waals surface area contributed by atoms with Crippen LogP contribution in [0.15, 0.2) is 54.6 Å². The van der Waals surface area contributed by atoms with Gasteiger partial charge < -0.3 is 0 Å². The van der Waals surface area contributed by atoms with Gasteiger partial charge >= 0.3 is 0 Å². The van der Waals surface area contributed by atoms with E-state index in [9.17, 15) is 0 Å². The molecule has 2 bridgehead atoms. The number of rotatable bonds is 2. The molecule has 0 unspecified atom stereocenters. The normalized spacial score (nSPS) is 23.8. The molecule has 2 atom stereocenters. The second kappa shape index (κ2) is 6.02. The van der Waals surface area contributed by atoms with Gasteiger partial charge in [0.25, 0.3) is 0 Å². The van der Waals surface area contributed by atoms with E-state index in [1.165, 1.54) is 47.2 Å². The molecule has 6 rings (SSSR count). The SMILES string of the molecule is c1ccc2c(c1)C[C@@H]1CC[C@H](C2)N(Cc2cc3ccccc3s2)C1. The molecule has 1 aliphatic carbocycles. The van der Waals surface area contributed by atoms with Crippen LogP contribution in [0.2, 0.25) is 0 Å². The highest BCUT2D eigenvalue weighted by atomic mass is 32.1. The molecule has 1 nitrogen and oxygen atoms in total. The fraction of sp³-hybridized carbons (Fsp3) is 0.364. The number of hydrogen-bond donors (Lipinski definition) is 0. The maximum absolute atomic E-state index is 2.77. The van der Waals surface area contributed by atoms with Gasteiger partial charge in [-0.15, -0.1) is 11.3 Å². The molecule has 122 valence electrons. The third-order valence-corrected chi connectivity index (χ3v) is 6.94. The minimum atomic E-state index is 0.716. The summed E-state index contributed by atoms with van der Waals surface area (Å²) < 4.78 is 1.43. The minimum Gasteiger partial charge on any atom is -0.295 e. The highest BCUT2D eigenvalue weighted by Crippen LogP contribution is 2.34. The molecule has 1 saturated heterocycles. The van der Waals surface area contributed by atoms with Gasteiger partial charge in [0.05, 0.1) is 0 Å². The molecule has 1 fully saturated rings. The van der Waals surface area contributed by atoms with E-state index in [-0.39, 0.29) is 0 Å². The van der Waals surface area contributed by atoms with Crippen molar-refractivity contribution in [1.82, 2.24) is 4.90 Å². The van der Waals surface area contributed by atoms with E-state index in [2.05, 4.69) is 59.5 Å². The lowest BCUT2D eigenvalue weighted by Crippen LogP contribution is -2.45. The van der Waals surface area contributed by atoms with Crippen molar-refractivity contribution in [1.29, 1.82) is 0 Å². The lowest BCUT2D eigenvalue weighted by atomic mass is 9.80. The first-order valence-corrected chi connectivity index (χ1v) is 9.95. The van der Waals surface area contributed by atoms with Crippen LogP contribution in [-0.2, 0) is 19.4 Å². The van der Waals surface area contributed by atoms with Gasteiger partial charge in [0.1, 0.15) is 0 Å². The van der Waals surface area contributed by atoms with Gasteiger partial charge in [-0.05, 0) is 60.2 Å². The number of hydrogen-bond acceptors (Lipinski definition) is 2. The number of benzene rings is 2. The zero-order valence-corrected chi connectivity index (χ0v) is 14.8. The summed E-state index contributed by atoms with van der Waals surface area (Å²) in [4.78, 5) is 4.30. The van der Waals surface area contributed by atoms with Crippen LogP contribution in [0.5, 0.6) is 0 Å². The summed E-state index contributed by atoms with van der Waals surface area (Å²) >= 11 is 1.97. The quantitative estimate of drug-likeness (QED) is 0.616. The molecule has 0 radical (unpaired) electrons. The van der Waals surface area contributed by atoms with Gasteiger partial charge in [-0.3, -0.25) is 4.90 Å². The molecule has 3 heterocycles. The Kier molecular flexibility index (Phi) is 3.68. The highest BCUT2D eigenvalue weighted by Gasteiger charge is 2.31. The Balaban J connectivity index is 1.43. The van der Waals surface area contributed by atoms with Crippen LogP contribution >= 0.6 is 11.3 Å². The van der Waals surface area contributed by atoms with E-state index >= 15 is 0 Å². The van der Waals surface area contributed by atoms with E-state index in [1.807, 2.05) is 11.3 Å². The molecular formula is C22H23NS. The number of thiophene rings is 1. The molecule has 24 heavy (non-hydrogen) atoms. The highest BCUT2D eigenvalue weighted by molar-refractivity contribution is 7.19. The van der Waals surface area contributed by atoms with E-state index in [0.717, 1.165) is 12.5 Å². The third kappa shape index (κ3) is 2.68. The fourth-order valence-corrected chi connectivity index (χ4v) is 5.70. The van der Waals surface area contributed by atoms with E-state index in [0.29, 0.717) is 6.04 Å². The molecule has 0 spiro atoms. The van der Waals surface area contributed by atoms with Crippen molar-refractivity contribution in [2.24, 2.45) is 5.92 Å². The van der Waals surface area contributed by atoms with Crippen molar-refractivity contribution in [2.75, 3.05) is 6.54 Å². The smallest absolute Gasteiger partial charge is 0.0346 e. The Hall–Kier alpha value is -1.64. The Morgan fingerprint density at radius 1 is 0.917 bits per heavy atom. The first-order valence-electron chi connectivity index (χ1n) is 9.13. The van der Waals surface area contributed by atoms with Crippen LogP contribution in [0.25, 0.3) is 10.1 Å². The van der Waals surface area contributed by atoms with Crippen LogP contribution in [-0.4, -0.2) is 17.5 Å². The predicted octanol–water partition coefficient (Wildman–Crippen LogP) is 5.28. The van der Waals surface area contributed by atoms with Crippen LogP contribution in [0, 0.1) is 5.92 Å². The van der Waals surface area contributed by atoms with Crippen molar-refractivity contribution in [3.05, 3.63) is 70.6 Å². The van der Waals surface area contributed by atoms with Crippen LogP contribution in [0.4, 0.5) is 0 Å². The first kappa shape index (κ1) is 14.7. The second-order valence-electron chi connectivity index (χ2n) is 7.45. The Morgan fingerprint density at radius 2 is 1.71 bits per heavy atom. The molecule has 0 saturated carbocycles. The average Bonchev–Trinajstić information content (AvgIpc) is 2.98. The zero-order valence-electron chi connectivity index (χ0n) is 13.9. The molecule has 3 aromatic rings. The number of piperidine rings is 1. The van der Waals surface area contributed by atoms with Gasteiger partial charge in [-0.2, -0.15) is 0 Å². The summed E-state index contributed by atoms with van der Waals surface area (Å²) in [6.45, 7) is 2.40. The molecule has 0 N–H and O–H groups in total. The molecule has 2 aromatic carbocycles. The maximum atomic E-state index is 2.77. The zero-order chi connectivity index (χ0) is 15.9. The summed E-state index contributed by atoms with van der Waals surface area (Å²) in [6.07, 6.45) is 5.27. The molecule has 0 amide bonds. The number of nitrogens with zero attached hydrogens (tertiary/aromatic N) is 1. The monoisotopic (exact) mass is 333 g/mol. The molecule has 2 aliphatic heterocycles. The molecule has 1 aromatic heterocycles. The lowest BCUT2D eigenvalue weighted by Gasteiger charge is -2.42. The topological polar surface area (TPSA) is 3.24 Å². The van der Waals surface area contributed by atoms with Crippen molar-refractivity contribution >= 4 is 21.4 Å². The van der Waals surface area contributed by atoms with Gasteiger partial charge in [0.15, 0.2) is 0 Å². The second-order valence-corrected chi connectivity index (χ2v) is 8.62. The Labute approximate surface area is 147 Å². The lowest BCUT2D eigenvalue weighted by molar-refractivity contribution is 0.0949. The third-order valence-electron chi connectivity index (χ3n) is 5.84. The van der Waals surface area contributed by atoms with Crippen molar-refractivity contribution in [3.8, 4) is 0 Å². The average molecular weight is 334 g/mol. The van der Waals surface area contributed by atoms with Crippen molar-refractivity contribution in [3.63, 3.8) is 0 Å². The summed E-state index contributed by atoms with van der Waals surface area (Å²) in [7, 11) is 0. The van der Waals surface area contributed by atoms with Crippen LogP contribution in [0.1, 0.15) is 28.8 Å². The van der Waals surface area contributed by atoms with Crippen LogP contribution < -0.4 is 0 Å². The summed E-state index contributed by atoms with van der Waals surface area (Å²) in [5.74, 6) is 0.831. The van der Waals surface area contributed by atoms with Crippen molar-refractivity contribution < 1.29 is 0 Å². The van der Waals surface area contributed by atoms with E-state index < -0.39 is 0 Å². The molecule has 2 heteroatoms. The number of fused-ring (bicyclic) bond motifs is 3. The van der Waals surface area contributed by atoms with Gasteiger partial charge in [-0.25, -0.2) is 0 Å². The predicted molar refractivity (Wildman–Crippen MR) is 103 cm³/mol. The minimum absolute atomic E-state index is 0.716. The summed E-state index contributed by atoms with van der Waals surface area (Å²) in [5, 5.41) is 1.40. The Bertz CT molecular complexity index is 832. The maximum Gasteiger partial charge on any atom is 0.0346 e. The summed E-state index contributed by atoms with van der Waals surface area (Å²) in [5.41, 5.74) is 3.20. The largest absolute Gasteiger partial charge is 0.295 e. The molecule has 3 aliphatic rings. The van der Waals surface area contributed by atoms with E-state index in [1.54, 1.807) is 11.1 Å². The summed E-state index contributed by atoms with van der Waals surface area (Å²) in [6, 6.07) is 21.0. The standard InChI is InChI=1S/C22H23NS/c1-2-6-18-12-20-10-9-16(11-17(18)5-1)14-23(20)15-21-13-19-7-3-4-8-22(19)24-21/h1-8,13,16,20H,9-12,14-15H2/t16-,20+/m0/s1. The van der Waals surface area contributed by atoms with Crippen LogP contribution in [0.3, 0.4) is 0 Å². The van der Waals surface area contributed by atoms with Gasteiger partial charge in [-0.1, -0.05) is 42.5 Å². The fourth-order valence-electron chi connectivity index (χ4n) is 4.61.